The van der Waals surface area contributed by atoms with Crippen LogP contribution in [0.25, 0.3) is 5.52 Å². The SMILES string of the molecule is C#Cc1c(F)c2cnc(N[C@@H]3CCOC[C@H]3O)nn2c1C(C)C(F)(F)F. The third kappa shape index (κ3) is 3.20. The summed E-state index contributed by atoms with van der Waals surface area (Å²) in [6.45, 7) is 1.42. The highest BCUT2D eigenvalue weighted by atomic mass is 19.4. The summed E-state index contributed by atoms with van der Waals surface area (Å²) in [5.41, 5.74) is -1.21. The molecule has 3 rings (SSSR count). The van der Waals surface area contributed by atoms with E-state index in [1.165, 1.54) is 0 Å². The molecule has 1 unspecified atom stereocenters. The first kappa shape index (κ1) is 18.4. The molecule has 1 aliphatic rings. The highest BCUT2D eigenvalue weighted by Crippen LogP contribution is 2.38. The van der Waals surface area contributed by atoms with Gasteiger partial charge in [-0.1, -0.05) is 5.92 Å². The van der Waals surface area contributed by atoms with Gasteiger partial charge < -0.3 is 15.2 Å². The van der Waals surface area contributed by atoms with Gasteiger partial charge in [0.05, 0.1) is 42.1 Å². The lowest BCUT2D eigenvalue weighted by molar-refractivity contribution is -0.147. The van der Waals surface area contributed by atoms with Crippen LogP contribution in [0.1, 0.15) is 30.5 Å². The molecule has 1 fully saturated rings. The smallest absolute Gasteiger partial charge is 0.389 e. The second-order valence-electron chi connectivity index (χ2n) is 6.04. The summed E-state index contributed by atoms with van der Waals surface area (Å²) >= 11 is 0. The number of terminal acetylenes is 1. The molecule has 140 valence electrons. The van der Waals surface area contributed by atoms with E-state index in [-0.39, 0.29) is 18.1 Å². The highest BCUT2D eigenvalue weighted by molar-refractivity contribution is 5.59. The Labute approximate surface area is 146 Å². The van der Waals surface area contributed by atoms with Crippen molar-refractivity contribution in [1.29, 1.82) is 0 Å². The number of alkyl halides is 3. The molecule has 1 aliphatic heterocycles. The molecular weight excluding hydrogens is 356 g/mol. The molecule has 2 aromatic rings. The molecule has 6 nitrogen and oxygen atoms in total. The van der Waals surface area contributed by atoms with Crippen LogP contribution in [0.2, 0.25) is 0 Å². The lowest BCUT2D eigenvalue weighted by Crippen LogP contribution is -2.42. The van der Waals surface area contributed by atoms with Crippen LogP contribution in [0, 0.1) is 18.2 Å². The fourth-order valence-electron chi connectivity index (χ4n) is 2.85. The molecule has 0 aliphatic carbocycles. The van der Waals surface area contributed by atoms with Crippen LogP contribution in [0.3, 0.4) is 0 Å². The van der Waals surface area contributed by atoms with Crippen molar-refractivity contribution >= 4 is 11.5 Å². The summed E-state index contributed by atoms with van der Waals surface area (Å²) in [4.78, 5) is 3.92. The van der Waals surface area contributed by atoms with E-state index in [1.54, 1.807) is 0 Å². The number of halogens is 4. The quantitative estimate of drug-likeness (QED) is 0.638. The average molecular weight is 372 g/mol. The molecule has 0 amide bonds. The van der Waals surface area contributed by atoms with Crippen LogP contribution in [0.4, 0.5) is 23.5 Å². The topological polar surface area (TPSA) is 71.7 Å². The fraction of sp³-hybridized carbons (Fsp3) is 0.500. The first-order chi connectivity index (χ1) is 12.2. The summed E-state index contributed by atoms with van der Waals surface area (Å²) in [5.74, 6) is -1.07. The lowest BCUT2D eigenvalue weighted by atomic mass is 10.0. The standard InChI is InChI=1S/C16H16F4N4O2/c1-3-9-13(17)11-6-21-15(22-10-4-5-26-7-12(10)25)23-24(11)14(9)8(2)16(18,19)20/h1,6,8,10,12,25H,4-5,7H2,2H3,(H,22,23)/t8?,10-,12-/m1/s1. The summed E-state index contributed by atoms with van der Waals surface area (Å²) in [6.07, 6.45) is 1.30. The molecule has 10 heteroatoms. The maximum atomic E-state index is 14.4. The summed E-state index contributed by atoms with van der Waals surface area (Å²) < 4.78 is 59.9. The first-order valence-corrected chi connectivity index (χ1v) is 7.86. The maximum Gasteiger partial charge on any atom is 0.397 e. The molecule has 1 saturated heterocycles. The molecule has 0 bridgehead atoms. The molecular formula is C16H16F4N4O2. The Morgan fingerprint density at radius 2 is 2.23 bits per heavy atom. The summed E-state index contributed by atoms with van der Waals surface area (Å²) in [5, 5.41) is 16.7. The molecule has 2 N–H and O–H groups in total. The van der Waals surface area contributed by atoms with Crippen molar-refractivity contribution in [3.05, 3.63) is 23.3 Å². The minimum absolute atomic E-state index is 0.0438. The number of nitrogens with one attached hydrogen (secondary N) is 1. The van der Waals surface area contributed by atoms with E-state index in [2.05, 4.69) is 15.4 Å². The molecule has 0 aromatic carbocycles. The number of aromatic nitrogens is 3. The van der Waals surface area contributed by atoms with E-state index < -0.39 is 41.3 Å². The Bertz CT molecular complexity index is 859. The molecule has 2 aromatic heterocycles. The van der Waals surface area contributed by atoms with E-state index in [0.29, 0.717) is 13.0 Å². The maximum absolute atomic E-state index is 14.4. The van der Waals surface area contributed by atoms with Crippen molar-refractivity contribution in [2.75, 3.05) is 18.5 Å². The van der Waals surface area contributed by atoms with Gasteiger partial charge in [-0.3, -0.25) is 0 Å². The predicted octanol–water partition coefficient (Wildman–Crippen LogP) is 2.08. The van der Waals surface area contributed by atoms with Gasteiger partial charge in [0.15, 0.2) is 5.82 Å². The van der Waals surface area contributed by atoms with Crippen molar-refractivity contribution in [3.63, 3.8) is 0 Å². The molecule has 3 atom stereocenters. The van der Waals surface area contributed by atoms with Gasteiger partial charge in [-0.05, 0) is 13.3 Å². The normalized spacial score (nSPS) is 22.2. The molecule has 0 radical (unpaired) electrons. The van der Waals surface area contributed by atoms with Gasteiger partial charge in [-0.25, -0.2) is 13.9 Å². The summed E-state index contributed by atoms with van der Waals surface area (Å²) in [7, 11) is 0. The second kappa shape index (κ2) is 6.74. The molecule has 26 heavy (non-hydrogen) atoms. The minimum Gasteiger partial charge on any atom is -0.389 e. The van der Waals surface area contributed by atoms with E-state index in [4.69, 9.17) is 11.2 Å². The third-order valence-corrected chi connectivity index (χ3v) is 4.35. The Morgan fingerprint density at radius 1 is 1.50 bits per heavy atom. The Balaban J connectivity index is 2.06. The lowest BCUT2D eigenvalue weighted by Gasteiger charge is -2.28. The van der Waals surface area contributed by atoms with Crippen LogP contribution in [-0.4, -0.2) is 51.2 Å². The fourth-order valence-corrected chi connectivity index (χ4v) is 2.85. The third-order valence-electron chi connectivity index (χ3n) is 4.35. The number of fused-ring (bicyclic) bond motifs is 1. The number of hydrogen-bond donors (Lipinski definition) is 2. The van der Waals surface area contributed by atoms with Gasteiger partial charge in [0, 0.05) is 6.61 Å². The van der Waals surface area contributed by atoms with Gasteiger partial charge >= 0.3 is 6.18 Å². The van der Waals surface area contributed by atoms with Crippen molar-refractivity contribution in [1.82, 2.24) is 14.6 Å². The van der Waals surface area contributed by atoms with Gasteiger partial charge in [-0.15, -0.1) is 11.5 Å². The van der Waals surface area contributed by atoms with Gasteiger partial charge in [0.2, 0.25) is 5.95 Å². The van der Waals surface area contributed by atoms with Crippen LogP contribution in [-0.2, 0) is 4.74 Å². The number of anilines is 1. The van der Waals surface area contributed by atoms with Crippen LogP contribution < -0.4 is 5.32 Å². The zero-order chi connectivity index (χ0) is 19.1. The second-order valence-corrected chi connectivity index (χ2v) is 6.04. The number of aliphatic hydroxyl groups excluding tert-OH is 1. The van der Waals surface area contributed by atoms with E-state index in [9.17, 15) is 22.7 Å². The van der Waals surface area contributed by atoms with Crippen molar-refractivity contribution in [2.24, 2.45) is 0 Å². The average Bonchev–Trinajstić information content (AvgIpc) is 2.87. The van der Waals surface area contributed by atoms with Crippen molar-refractivity contribution < 1.29 is 27.4 Å². The zero-order valence-corrected chi connectivity index (χ0v) is 13.7. The number of hydrogen-bond acceptors (Lipinski definition) is 5. The Kier molecular flexibility index (Phi) is 4.77. The Morgan fingerprint density at radius 3 is 2.85 bits per heavy atom. The monoisotopic (exact) mass is 372 g/mol. The molecule has 0 spiro atoms. The predicted molar refractivity (Wildman–Crippen MR) is 84.2 cm³/mol. The Hall–Kier alpha value is -2.38. The van der Waals surface area contributed by atoms with Crippen molar-refractivity contribution in [3.8, 4) is 12.3 Å². The number of nitrogens with zero attached hydrogens (tertiary/aromatic N) is 3. The van der Waals surface area contributed by atoms with Crippen LogP contribution in [0.5, 0.6) is 0 Å². The minimum atomic E-state index is -4.62. The molecule has 0 saturated carbocycles. The number of rotatable bonds is 3. The van der Waals surface area contributed by atoms with Crippen molar-refractivity contribution in [2.45, 2.75) is 37.6 Å². The van der Waals surface area contributed by atoms with E-state index >= 15 is 0 Å². The summed E-state index contributed by atoms with van der Waals surface area (Å²) in [6, 6.07) is -0.433. The van der Waals surface area contributed by atoms with Gasteiger partial charge in [-0.2, -0.15) is 13.2 Å². The number of ether oxygens (including phenoxy) is 1. The van der Waals surface area contributed by atoms with E-state index in [0.717, 1.165) is 17.6 Å². The largest absolute Gasteiger partial charge is 0.397 e. The van der Waals surface area contributed by atoms with Crippen LogP contribution in [0.15, 0.2) is 6.20 Å². The van der Waals surface area contributed by atoms with Crippen LogP contribution >= 0.6 is 0 Å². The van der Waals surface area contributed by atoms with Gasteiger partial charge in [0.1, 0.15) is 5.52 Å². The highest BCUT2D eigenvalue weighted by Gasteiger charge is 2.41. The van der Waals surface area contributed by atoms with E-state index in [1.807, 2.05) is 5.92 Å². The first-order valence-electron chi connectivity index (χ1n) is 7.86. The number of aliphatic hydroxyl groups is 1. The van der Waals surface area contributed by atoms with Gasteiger partial charge in [0.25, 0.3) is 0 Å². The zero-order valence-electron chi connectivity index (χ0n) is 13.7. The molecule has 3 heterocycles.